The van der Waals surface area contributed by atoms with E-state index in [1.807, 2.05) is 13.8 Å². The molecule has 1 nitrogen and oxygen atoms in total. The lowest BCUT2D eigenvalue weighted by Crippen LogP contribution is -1.88. The Bertz CT molecular complexity index is 53.9. The lowest BCUT2D eigenvalue weighted by Gasteiger charge is -2.02. The Balaban J connectivity index is 0. The van der Waals surface area contributed by atoms with Gasteiger partial charge in [0.2, 0.25) is 0 Å². The summed E-state index contributed by atoms with van der Waals surface area (Å²) in [4.78, 5) is 0. The third-order valence-electron chi connectivity index (χ3n) is 2.14. The van der Waals surface area contributed by atoms with Crippen LogP contribution >= 0.6 is 0 Å². The summed E-state index contributed by atoms with van der Waals surface area (Å²) >= 11 is 0. The van der Waals surface area contributed by atoms with Crippen LogP contribution in [0.4, 0.5) is 0 Å². The van der Waals surface area contributed by atoms with Crippen LogP contribution in [0.15, 0.2) is 0 Å². The molecule has 0 amide bonds. The van der Waals surface area contributed by atoms with E-state index in [-0.39, 0.29) is 5.48 Å². The van der Waals surface area contributed by atoms with Gasteiger partial charge in [0.15, 0.2) is 0 Å². The number of hydrogen-bond donors (Lipinski definition) is 0. The van der Waals surface area contributed by atoms with Crippen molar-refractivity contribution >= 4 is 0 Å². The molecule has 0 radical (unpaired) electrons. The minimum absolute atomic E-state index is 0. The molecule has 0 aromatic carbocycles. The summed E-state index contributed by atoms with van der Waals surface area (Å²) in [5, 5.41) is 0. The Morgan fingerprint density at radius 2 is 1.18 bits per heavy atom. The van der Waals surface area contributed by atoms with Gasteiger partial charge < -0.3 is 5.48 Å². The normalized spacial score (nSPS) is 18.8. The van der Waals surface area contributed by atoms with Crippen LogP contribution in [0.25, 0.3) is 0 Å². The van der Waals surface area contributed by atoms with Gasteiger partial charge in [0.05, 0.1) is 0 Å². The van der Waals surface area contributed by atoms with Crippen LogP contribution in [-0.2, 0) is 0 Å². The molecule has 11 heavy (non-hydrogen) atoms. The Hall–Kier alpha value is -0.0400. The average molecular weight is 160 g/mol. The largest absolute Gasteiger partial charge is 0.412 e. The fraction of sp³-hybridized carbons (Fsp3) is 1.00. The van der Waals surface area contributed by atoms with Crippen molar-refractivity contribution in [3.8, 4) is 0 Å². The van der Waals surface area contributed by atoms with E-state index in [1.165, 1.54) is 38.5 Å². The van der Waals surface area contributed by atoms with E-state index in [0.717, 1.165) is 5.92 Å². The third-order valence-corrected chi connectivity index (χ3v) is 2.14. The van der Waals surface area contributed by atoms with E-state index >= 15 is 0 Å². The second-order valence-electron chi connectivity index (χ2n) is 3.10. The van der Waals surface area contributed by atoms with Crippen LogP contribution < -0.4 is 0 Å². The molecule has 70 valence electrons. The number of hydrogen-bond acceptors (Lipinski definition) is 0. The molecule has 1 rings (SSSR count). The maximum atomic E-state index is 2.38. The highest BCUT2D eigenvalue weighted by Crippen LogP contribution is 2.21. The topological polar surface area (TPSA) is 31.5 Å². The summed E-state index contributed by atoms with van der Waals surface area (Å²) < 4.78 is 0. The number of rotatable bonds is 0. The van der Waals surface area contributed by atoms with Crippen molar-refractivity contribution in [3.05, 3.63) is 0 Å². The van der Waals surface area contributed by atoms with Crippen LogP contribution in [0.1, 0.15) is 59.3 Å². The first-order valence-electron chi connectivity index (χ1n) is 4.89. The van der Waals surface area contributed by atoms with E-state index in [2.05, 4.69) is 6.92 Å². The van der Waals surface area contributed by atoms with Crippen molar-refractivity contribution < 1.29 is 5.48 Å². The second kappa shape index (κ2) is 9.96. The van der Waals surface area contributed by atoms with Gasteiger partial charge in [0, 0.05) is 0 Å². The molecule has 1 fully saturated rings. The predicted molar refractivity (Wildman–Crippen MR) is 51.8 cm³/mol. The van der Waals surface area contributed by atoms with Crippen LogP contribution in [-0.4, -0.2) is 5.48 Å². The summed E-state index contributed by atoms with van der Waals surface area (Å²) in [6, 6.07) is 0. The molecule has 0 atom stereocenters. The van der Waals surface area contributed by atoms with E-state index in [4.69, 9.17) is 0 Å². The summed E-state index contributed by atoms with van der Waals surface area (Å²) in [7, 11) is 0. The third kappa shape index (κ3) is 7.86. The molecule has 0 aromatic rings. The molecule has 1 aliphatic carbocycles. The maximum absolute atomic E-state index is 2.38. The Morgan fingerprint density at radius 1 is 0.818 bits per heavy atom. The van der Waals surface area contributed by atoms with Gasteiger partial charge >= 0.3 is 0 Å². The van der Waals surface area contributed by atoms with E-state index < -0.39 is 0 Å². The quantitative estimate of drug-likeness (QED) is 0.487. The Labute approximate surface area is 71.5 Å². The molecule has 0 aromatic heterocycles. The van der Waals surface area contributed by atoms with Crippen LogP contribution in [0, 0.1) is 5.92 Å². The fourth-order valence-corrected chi connectivity index (χ4v) is 1.48. The lowest BCUT2D eigenvalue weighted by molar-refractivity contribution is 0.505. The summed E-state index contributed by atoms with van der Waals surface area (Å²) in [6.45, 7) is 6.38. The molecular formula is C10H24O. The van der Waals surface area contributed by atoms with E-state index in [9.17, 15) is 0 Å². The monoisotopic (exact) mass is 160 g/mol. The lowest BCUT2D eigenvalue weighted by atomic mass is 10.0. The first-order chi connectivity index (χ1) is 4.89. The standard InChI is InChI=1S/C8H16.C2H6.H2O/c1-8-6-4-2-3-5-7-8;1-2;/h8H,2-7H2,1H3;1-2H3;1H2. The zero-order valence-corrected chi connectivity index (χ0v) is 8.32. The first-order valence-corrected chi connectivity index (χ1v) is 4.89. The van der Waals surface area contributed by atoms with Gasteiger partial charge in [0.1, 0.15) is 0 Å². The van der Waals surface area contributed by atoms with Gasteiger partial charge in [-0.2, -0.15) is 0 Å². The highest BCUT2D eigenvalue weighted by Gasteiger charge is 2.04. The Kier molecular flexibility index (Phi) is 12.3. The SMILES string of the molecule is CC.CC1CCCCCC1.O. The molecule has 1 aliphatic rings. The molecule has 1 saturated carbocycles. The molecule has 0 spiro atoms. The van der Waals surface area contributed by atoms with Crippen molar-refractivity contribution in [3.63, 3.8) is 0 Å². The smallest absolute Gasteiger partial charge is 0.0443 e. The van der Waals surface area contributed by atoms with E-state index in [0.29, 0.717) is 0 Å². The average Bonchev–Trinajstić information content (AvgIpc) is 2.21. The van der Waals surface area contributed by atoms with Crippen LogP contribution in [0.3, 0.4) is 0 Å². The highest BCUT2D eigenvalue weighted by atomic mass is 16.0. The minimum Gasteiger partial charge on any atom is -0.412 e. The Morgan fingerprint density at radius 3 is 1.55 bits per heavy atom. The van der Waals surface area contributed by atoms with Crippen molar-refractivity contribution in [2.45, 2.75) is 59.3 Å². The van der Waals surface area contributed by atoms with Crippen molar-refractivity contribution in [1.29, 1.82) is 0 Å². The van der Waals surface area contributed by atoms with Gasteiger partial charge in [-0.05, 0) is 5.92 Å². The zero-order chi connectivity index (χ0) is 7.82. The van der Waals surface area contributed by atoms with Gasteiger partial charge in [0.25, 0.3) is 0 Å². The fourth-order valence-electron chi connectivity index (χ4n) is 1.48. The molecule has 1 heteroatoms. The molecule has 0 saturated heterocycles. The highest BCUT2D eigenvalue weighted by molar-refractivity contribution is 4.58. The summed E-state index contributed by atoms with van der Waals surface area (Å²) in [6.07, 6.45) is 8.93. The molecular weight excluding hydrogens is 136 g/mol. The summed E-state index contributed by atoms with van der Waals surface area (Å²) in [5.74, 6) is 1.03. The van der Waals surface area contributed by atoms with Crippen molar-refractivity contribution in [2.24, 2.45) is 5.92 Å². The maximum Gasteiger partial charge on any atom is -0.0443 e. The molecule has 0 unspecified atom stereocenters. The van der Waals surface area contributed by atoms with Gasteiger partial charge in [-0.25, -0.2) is 0 Å². The van der Waals surface area contributed by atoms with Gasteiger partial charge in [-0.1, -0.05) is 59.3 Å². The van der Waals surface area contributed by atoms with Crippen LogP contribution in [0.5, 0.6) is 0 Å². The molecule has 0 heterocycles. The van der Waals surface area contributed by atoms with Gasteiger partial charge in [-0.3, -0.25) is 0 Å². The van der Waals surface area contributed by atoms with Crippen molar-refractivity contribution in [2.75, 3.05) is 0 Å². The molecule has 2 N–H and O–H groups in total. The van der Waals surface area contributed by atoms with Gasteiger partial charge in [-0.15, -0.1) is 0 Å². The second-order valence-corrected chi connectivity index (χ2v) is 3.10. The van der Waals surface area contributed by atoms with Crippen LogP contribution in [0.2, 0.25) is 0 Å². The first kappa shape index (κ1) is 13.5. The zero-order valence-electron chi connectivity index (χ0n) is 8.32. The predicted octanol–water partition coefficient (Wildman–Crippen LogP) is 3.18. The molecule has 0 bridgehead atoms. The summed E-state index contributed by atoms with van der Waals surface area (Å²) in [5.41, 5.74) is 0. The minimum atomic E-state index is 0. The van der Waals surface area contributed by atoms with Crippen molar-refractivity contribution in [1.82, 2.24) is 0 Å². The van der Waals surface area contributed by atoms with E-state index in [1.54, 1.807) is 0 Å². The molecule has 0 aliphatic heterocycles.